The molecule has 1 amide bonds. The smallest absolute Gasteiger partial charge is 0.325 e. The third-order valence-electron chi connectivity index (χ3n) is 3.01. The topological polar surface area (TPSA) is 93.4 Å². The number of carboxylic acid groups (broad SMARTS) is 1. The number of carbonyl (C=O) groups excluding carboxylic acids is 1. The van der Waals surface area contributed by atoms with E-state index < -0.39 is 12.0 Å². The molecule has 1 aliphatic heterocycles. The lowest BCUT2D eigenvalue weighted by molar-refractivity contribution is -0.144. The summed E-state index contributed by atoms with van der Waals surface area (Å²) < 4.78 is 0. The van der Waals surface area contributed by atoms with Crippen molar-refractivity contribution in [3.63, 3.8) is 0 Å². The van der Waals surface area contributed by atoms with Crippen LogP contribution >= 0.6 is 11.3 Å². The molecule has 1 unspecified atom stereocenters. The molecule has 0 saturated heterocycles. The van der Waals surface area contributed by atoms with E-state index in [0.29, 0.717) is 6.54 Å². The lowest BCUT2D eigenvalue weighted by Crippen LogP contribution is -2.45. The molecule has 100 valence electrons. The predicted molar refractivity (Wildman–Crippen MR) is 68.6 cm³/mol. The second-order valence-electron chi connectivity index (χ2n) is 4.20. The maximum atomic E-state index is 11.6. The fraction of sp³-hybridized carbons (Fsp3) is 0.417. The van der Waals surface area contributed by atoms with Crippen LogP contribution in [0.25, 0.3) is 0 Å². The molecule has 1 aliphatic rings. The van der Waals surface area contributed by atoms with Gasteiger partial charge in [0.25, 0.3) is 0 Å². The SMILES string of the molecule is N#CCNC(=O)CN1CCc2sccc2C1C(=O)O. The van der Waals surface area contributed by atoms with E-state index in [4.69, 9.17) is 5.26 Å². The molecule has 1 aromatic heterocycles. The van der Waals surface area contributed by atoms with Crippen LogP contribution in [-0.4, -0.2) is 41.5 Å². The minimum Gasteiger partial charge on any atom is -0.480 e. The summed E-state index contributed by atoms with van der Waals surface area (Å²) in [4.78, 5) is 25.7. The van der Waals surface area contributed by atoms with Crippen LogP contribution in [0.15, 0.2) is 11.4 Å². The molecule has 2 rings (SSSR count). The van der Waals surface area contributed by atoms with Gasteiger partial charge < -0.3 is 10.4 Å². The van der Waals surface area contributed by atoms with E-state index in [1.807, 2.05) is 11.4 Å². The summed E-state index contributed by atoms with van der Waals surface area (Å²) in [6, 6.07) is 2.84. The van der Waals surface area contributed by atoms with Gasteiger partial charge in [-0.3, -0.25) is 14.5 Å². The molecule has 0 radical (unpaired) electrons. The van der Waals surface area contributed by atoms with Crippen molar-refractivity contribution in [2.24, 2.45) is 0 Å². The lowest BCUT2D eigenvalue weighted by atomic mass is 10.00. The summed E-state index contributed by atoms with van der Waals surface area (Å²) >= 11 is 1.55. The first kappa shape index (κ1) is 13.5. The van der Waals surface area contributed by atoms with Gasteiger partial charge >= 0.3 is 5.97 Å². The molecule has 0 fully saturated rings. The van der Waals surface area contributed by atoms with Crippen molar-refractivity contribution in [2.45, 2.75) is 12.5 Å². The Morgan fingerprint density at radius 1 is 1.63 bits per heavy atom. The average Bonchev–Trinajstić information content (AvgIpc) is 2.83. The number of carboxylic acids is 1. The average molecular weight is 279 g/mol. The number of aliphatic carboxylic acids is 1. The molecule has 2 N–H and O–H groups in total. The largest absolute Gasteiger partial charge is 0.480 e. The van der Waals surface area contributed by atoms with Crippen LogP contribution in [0.3, 0.4) is 0 Å². The highest BCUT2D eigenvalue weighted by Crippen LogP contribution is 2.33. The summed E-state index contributed by atoms with van der Waals surface area (Å²) in [5.41, 5.74) is 0.775. The van der Waals surface area contributed by atoms with Crippen molar-refractivity contribution in [3.05, 3.63) is 21.9 Å². The number of nitrogens with zero attached hydrogens (tertiary/aromatic N) is 2. The molecule has 0 spiro atoms. The molecule has 7 heteroatoms. The van der Waals surface area contributed by atoms with Crippen LogP contribution in [0.2, 0.25) is 0 Å². The highest BCUT2D eigenvalue weighted by Gasteiger charge is 2.34. The van der Waals surface area contributed by atoms with Crippen LogP contribution in [0.1, 0.15) is 16.5 Å². The Morgan fingerprint density at radius 2 is 2.42 bits per heavy atom. The summed E-state index contributed by atoms with van der Waals surface area (Å²) in [6.45, 7) is 0.465. The van der Waals surface area contributed by atoms with E-state index in [2.05, 4.69) is 5.32 Å². The maximum absolute atomic E-state index is 11.6. The third kappa shape index (κ3) is 2.92. The minimum atomic E-state index is -0.951. The van der Waals surface area contributed by atoms with Gasteiger partial charge in [0, 0.05) is 11.4 Å². The molecule has 0 aromatic carbocycles. The van der Waals surface area contributed by atoms with E-state index in [-0.39, 0.29) is 19.0 Å². The zero-order valence-corrected chi connectivity index (χ0v) is 10.9. The van der Waals surface area contributed by atoms with Crippen LogP contribution in [0, 0.1) is 11.3 Å². The van der Waals surface area contributed by atoms with Crippen LogP contribution in [0.4, 0.5) is 0 Å². The van der Waals surface area contributed by atoms with E-state index >= 15 is 0 Å². The first-order valence-corrected chi connectivity index (χ1v) is 6.68. The van der Waals surface area contributed by atoms with E-state index in [0.717, 1.165) is 16.9 Å². The number of thiophene rings is 1. The van der Waals surface area contributed by atoms with Crippen LogP contribution in [-0.2, 0) is 16.0 Å². The van der Waals surface area contributed by atoms with Crippen molar-refractivity contribution in [3.8, 4) is 6.07 Å². The number of hydrogen-bond acceptors (Lipinski definition) is 5. The standard InChI is InChI=1S/C12H13N3O3S/c13-3-4-14-10(16)7-15-5-1-9-8(2-6-19-9)11(15)12(17)18/h2,6,11H,1,4-5,7H2,(H,14,16)(H,17,18). The molecule has 1 aromatic rings. The van der Waals surface area contributed by atoms with E-state index in [1.54, 1.807) is 22.3 Å². The Kier molecular flexibility index (Phi) is 4.14. The van der Waals surface area contributed by atoms with Gasteiger partial charge in [0.05, 0.1) is 12.6 Å². The number of hydrogen-bond donors (Lipinski definition) is 2. The summed E-state index contributed by atoms with van der Waals surface area (Å²) in [5.74, 6) is -1.28. The zero-order chi connectivity index (χ0) is 13.8. The van der Waals surface area contributed by atoms with Crippen LogP contribution in [0.5, 0.6) is 0 Å². The molecule has 0 bridgehead atoms. The summed E-state index contributed by atoms with van der Waals surface area (Å²) in [5, 5.41) is 22.0. The third-order valence-corrected chi connectivity index (χ3v) is 4.01. The second kappa shape index (κ2) is 5.82. The van der Waals surface area contributed by atoms with Gasteiger partial charge in [0.15, 0.2) is 0 Å². The summed E-state index contributed by atoms with van der Waals surface area (Å²) in [6.07, 6.45) is 0.752. The Bertz CT molecular complexity index is 535. The first-order chi connectivity index (χ1) is 9.13. The number of nitriles is 1. The number of nitrogens with one attached hydrogen (secondary N) is 1. The number of fused-ring (bicyclic) bond motifs is 1. The Hall–Kier alpha value is -1.91. The highest BCUT2D eigenvalue weighted by molar-refractivity contribution is 7.10. The molecule has 19 heavy (non-hydrogen) atoms. The van der Waals surface area contributed by atoms with Gasteiger partial charge in [-0.05, 0) is 23.4 Å². The Morgan fingerprint density at radius 3 is 3.11 bits per heavy atom. The molecule has 0 aliphatic carbocycles. The summed E-state index contributed by atoms with van der Waals surface area (Å²) in [7, 11) is 0. The van der Waals surface area contributed by atoms with Gasteiger partial charge in [0.1, 0.15) is 12.6 Å². The maximum Gasteiger partial charge on any atom is 0.325 e. The van der Waals surface area contributed by atoms with Crippen molar-refractivity contribution in [1.29, 1.82) is 5.26 Å². The van der Waals surface area contributed by atoms with Gasteiger partial charge in [-0.1, -0.05) is 0 Å². The van der Waals surface area contributed by atoms with Crippen molar-refractivity contribution >= 4 is 23.2 Å². The second-order valence-corrected chi connectivity index (χ2v) is 5.20. The molecular weight excluding hydrogens is 266 g/mol. The number of amides is 1. The molecule has 2 heterocycles. The molecular formula is C12H13N3O3S. The Balaban J connectivity index is 2.11. The van der Waals surface area contributed by atoms with Crippen molar-refractivity contribution in [2.75, 3.05) is 19.6 Å². The molecule has 6 nitrogen and oxygen atoms in total. The zero-order valence-electron chi connectivity index (χ0n) is 10.1. The lowest BCUT2D eigenvalue weighted by Gasteiger charge is -2.32. The van der Waals surface area contributed by atoms with Gasteiger partial charge in [0.2, 0.25) is 5.91 Å². The molecule has 1 atom stereocenters. The van der Waals surface area contributed by atoms with Gasteiger partial charge in [-0.2, -0.15) is 5.26 Å². The normalized spacial score (nSPS) is 18.4. The first-order valence-electron chi connectivity index (χ1n) is 5.80. The van der Waals surface area contributed by atoms with E-state index in [1.165, 1.54) is 0 Å². The van der Waals surface area contributed by atoms with Gasteiger partial charge in [-0.15, -0.1) is 11.3 Å². The minimum absolute atomic E-state index is 0.00602. The quantitative estimate of drug-likeness (QED) is 0.777. The highest BCUT2D eigenvalue weighted by atomic mass is 32.1. The van der Waals surface area contributed by atoms with Crippen LogP contribution < -0.4 is 5.32 Å². The van der Waals surface area contributed by atoms with Gasteiger partial charge in [-0.25, -0.2) is 0 Å². The van der Waals surface area contributed by atoms with Crippen molar-refractivity contribution in [1.82, 2.24) is 10.2 Å². The molecule has 0 saturated carbocycles. The fourth-order valence-electron chi connectivity index (χ4n) is 2.21. The predicted octanol–water partition coefficient (Wildman–Crippen LogP) is 0.372. The number of carbonyl (C=O) groups is 2. The fourth-order valence-corrected chi connectivity index (χ4v) is 3.11. The van der Waals surface area contributed by atoms with E-state index in [9.17, 15) is 14.7 Å². The monoisotopic (exact) mass is 279 g/mol. The number of rotatable bonds is 4. The Labute approximate surface area is 114 Å². The van der Waals surface area contributed by atoms with Crippen molar-refractivity contribution < 1.29 is 14.7 Å².